The topological polar surface area (TPSA) is 87.6 Å². The predicted octanol–water partition coefficient (Wildman–Crippen LogP) is 3.55. The minimum absolute atomic E-state index is 0.0934. The first kappa shape index (κ1) is 19.6. The Morgan fingerprint density at radius 3 is 2.76 bits per heavy atom. The summed E-state index contributed by atoms with van der Waals surface area (Å²) in [5.74, 6) is 0.321. The first-order chi connectivity index (χ1) is 13.8. The van der Waals surface area contributed by atoms with Crippen LogP contribution in [0.3, 0.4) is 0 Å². The summed E-state index contributed by atoms with van der Waals surface area (Å²) in [7, 11) is 0. The third kappa shape index (κ3) is 3.76. The van der Waals surface area contributed by atoms with Crippen molar-refractivity contribution in [1.82, 2.24) is 9.97 Å². The monoisotopic (exact) mass is 400 g/mol. The molecule has 4 rings (SSSR count). The Bertz CT molecular complexity index is 932. The van der Waals surface area contributed by atoms with Crippen LogP contribution in [0.25, 0.3) is 0 Å². The molecule has 7 nitrogen and oxygen atoms in total. The normalized spacial score (nSPS) is 22.2. The number of rotatable bonds is 6. The van der Waals surface area contributed by atoms with E-state index in [-0.39, 0.29) is 29.8 Å². The second-order valence-electron chi connectivity index (χ2n) is 8.16. The number of amides is 1. The molecule has 0 radical (unpaired) electrons. The first-order valence-corrected chi connectivity index (χ1v) is 9.82. The summed E-state index contributed by atoms with van der Waals surface area (Å²) in [6, 6.07) is 6.08. The number of nitrogens with zero attached hydrogens (tertiary/aromatic N) is 3. The van der Waals surface area contributed by atoms with Crippen LogP contribution in [0.15, 0.2) is 30.5 Å². The number of aromatic nitrogens is 2. The van der Waals surface area contributed by atoms with Gasteiger partial charge in [0.2, 0.25) is 5.95 Å². The van der Waals surface area contributed by atoms with Crippen molar-refractivity contribution in [3.05, 3.63) is 47.4 Å². The zero-order chi connectivity index (χ0) is 20.8. The lowest BCUT2D eigenvalue weighted by Crippen LogP contribution is -2.41. The van der Waals surface area contributed by atoms with Gasteiger partial charge in [0.1, 0.15) is 24.3 Å². The van der Waals surface area contributed by atoms with E-state index in [9.17, 15) is 14.3 Å². The lowest BCUT2D eigenvalue weighted by molar-refractivity contribution is 0.142. The lowest BCUT2D eigenvalue weighted by Gasteiger charge is -2.23. The molecule has 1 aromatic heterocycles. The van der Waals surface area contributed by atoms with Crippen molar-refractivity contribution in [2.24, 2.45) is 0 Å². The Kier molecular flexibility index (Phi) is 4.90. The number of aliphatic hydroxyl groups is 1. The molecule has 1 unspecified atom stereocenters. The van der Waals surface area contributed by atoms with Crippen molar-refractivity contribution in [3.63, 3.8) is 0 Å². The molecule has 1 aliphatic heterocycles. The van der Waals surface area contributed by atoms with Crippen molar-refractivity contribution in [2.45, 2.75) is 57.2 Å². The van der Waals surface area contributed by atoms with Gasteiger partial charge in [-0.25, -0.2) is 14.2 Å². The van der Waals surface area contributed by atoms with Crippen LogP contribution in [0, 0.1) is 5.82 Å². The molecule has 154 valence electrons. The van der Waals surface area contributed by atoms with E-state index < -0.39 is 18.2 Å². The van der Waals surface area contributed by atoms with Crippen LogP contribution in [0.5, 0.6) is 0 Å². The van der Waals surface area contributed by atoms with E-state index in [1.165, 1.54) is 11.1 Å². The number of hydrogen-bond donors (Lipinski definition) is 2. The van der Waals surface area contributed by atoms with E-state index in [1.807, 2.05) is 13.0 Å². The van der Waals surface area contributed by atoms with Gasteiger partial charge in [-0.05, 0) is 49.8 Å². The van der Waals surface area contributed by atoms with Gasteiger partial charge in [0.05, 0.1) is 12.1 Å². The molecule has 2 fully saturated rings. The average Bonchev–Trinajstić information content (AvgIpc) is 3.31. The van der Waals surface area contributed by atoms with Crippen molar-refractivity contribution in [3.8, 4) is 0 Å². The van der Waals surface area contributed by atoms with Crippen LogP contribution in [0.1, 0.15) is 50.8 Å². The van der Waals surface area contributed by atoms with Gasteiger partial charge in [0.25, 0.3) is 0 Å². The SMILES string of the molecule is C[C@H](Nc1nccc(N2C(=O)OCC2[C@@H](C)O)n1)c1ccc(C2(C)CC2)cc1F. The largest absolute Gasteiger partial charge is 0.447 e. The molecule has 1 saturated carbocycles. The number of carbonyl (C=O) groups excluding carboxylic acids is 1. The molecule has 0 bridgehead atoms. The van der Waals surface area contributed by atoms with Gasteiger partial charge in [-0.2, -0.15) is 4.98 Å². The number of carbonyl (C=O) groups is 1. The van der Waals surface area contributed by atoms with Crippen LogP contribution in [0.2, 0.25) is 0 Å². The fraction of sp³-hybridized carbons (Fsp3) is 0.476. The first-order valence-electron chi connectivity index (χ1n) is 9.82. The second-order valence-corrected chi connectivity index (χ2v) is 8.16. The summed E-state index contributed by atoms with van der Waals surface area (Å²) in [6.07, 6.45) is 2.35. The molecule has 0 spiro atoms. The Morgan fingerprint density at radius 2 is 2.10 bits per heavy atom. The number of hydrogen-bond acceptors (Lipinski definition) is 6. The molecule has 2 heterocycles. The van der Waals surface area contributed by atoms with Crippen LogP contribution in [-0.2, 0) is 10.2 Å². The highest BCUT2D eigenvalue weighted by Gasteiger charge is 2.40. The van der Waals surface area contributed by atoms with Crippen molar-refractivity contribution in [2.75, 3.05) is 16.8 Å². The molecule has 3 atom stereocenters. The summed E-state index contributed by atoms with van der Waals surface area (Å²) in [6.45, 7) is 5.66. The van der Waals surface area contributed by atoms with Crippen LogP contribution in [0.4, 0.5) is 21.0 Å². The zero-order valence-electron chi connectivity index (χ0n) is 16.7. The van der Waals surface area contributed by atoms with E-state index in [0.717, 1.165) is 18.4 Å². The maximum Gasteiger partial charge on any atom is 0.416 e. The molecule has 2 aliphatic rings. The Hall–Kier alpha value is -2.74. The molecular weight excluding hydrogens is 375 g/mol. The van der Waals surface area contributed by atoms with Crippen LogP contribution in [-0.4, -0.2) is 39.9 Å². The van der Waals surface area contributed by atoms with E-state index in [0.29, 0.717) is 11.4 Å². The molecular formula is C21H25FN4O3. The number of halogens is 1. The summed E-state index contributed by atoms with van der Waals surface area (Å²) in [4.78, 5) is 21.9. The second kappa shape index (κ2) is 7.26. The van der Waals surface area contributed by atoms with Crippen molar-refractivity contribution < 1.29 is 19.0 Å². The highest BCUT2D eigenvalue weighted by Crippen LogP contribution is 2.47. The highest BCUT2D eigenvalue weighted by atomic mass is 19.1. The molecule has 1 amide bonds. The summed E-state index contributed by atoms with van der Waals surface area (Å²) >= 11 is 0. The molecule has 1 saturated heterocycles. The minimum Gasteiger partial charge on any atom is -0.447 e. The van der Waals surface area contributed by atoms with Crippen LogP contribution >= 0.6 is 0 Å². The zero-order valence-corrected chi connectivity index (χ0v) is 16.7. The van der Waals surface area contributed by atoms with Gasteiger partial charge in [-0.1, -0.05) is 19.1 Å². The number of anilines is 2. The van der Waals surface area contributed by atoms with Crippen molar-refractivity contribution >= 4 is 17.9 Å². The van der Waals surface area contributed by atoms with Crippen molar-refractivity contribution in [1.29, 1.82) is 0 Å². The summed E-state index contributed by atoms with van der Waals surface area (Å²) in [5, 5.41) is 13.0. The van der Waals surface area contributed by atoms with Gasteiger partial charge < -0.3 is 15.2 Å². The quantitative estimate of drug-likeness (QED) is 0.771. The highest BCUT2D eigenvalue weighted by molar-refractivity contribution is 5.89. The van der Waals surface area contributed by atoms with E-state index in [1.54, 1.807) is 25.1 Å². The maximum absolute atomic E-state index is 14.7. The standard InChI is InChI=1S/C21H25FN4O3/c1-12(15-5-4-14(10-16(15)22)21(3)7-8-21)24-19-23-9-6-18(25-19)26-17(13(2)27)11-29-20(26)28/h4-6,9-10,12-13,17,27H,7-8,11H2,1-3H3,(H,23,24,25)/t12-,13+,17?/m0/s1. The summed E-state index contributed by atoms with van der Waals surface area (Å²) < 4.78 is 19.7. The van der Waals surface area contributed by atoms with Gasteiger partial charge >= 0.3 is 6.09 Å². The number of nitrogens with one attached hydrogen (secondary N) is 1. The Balaban J connectivity index is 1.53. The fourth-order valence-corrected chi connectivity index (χ4v) is 3.61. The maximum atomic E-state index is 14.7. The van der Waals surface area contributed by atoms with E-state index >= 15 is 0 Å². The molecule has 1 aromatic carbocycles. The predicted molar refractivity (Wildman–Crippen MR) is 106 cm³/mol. The number of cyclic esters (lactones) is 1. The Morgan fingerprint density at radius 1 is 1.34 bits per heavy atom. The minimum atomic E-state index is -0.771. The number of benzene rings is 1. The molecule has 8 heteroatoms. The third-order valence-corrected chi connectivity index (χ3v) is 5.86. The molecule has 1 aliphatic carbocycles. The van der Waals surface area contributed by atoms with E-state index in [2.05, 4.69) is 22.2 Å². The van der Waals surface area contributed by atoms with Crippen LogP contribution < -0.4 is 10.2 Å². The van der Waals surface area contributed by atoms with Gasteiger partial charge in [-0.3, -0.25) is 4.90 Å². The average molecular weight is 400 g/mol. The van der Waals surface area contributed by atoms with Gasteiger partial charge in [-0.15, -0.1) is 0 Å². The Labute approximate surface area is 168 Å². The molecule has 2 N–H and O–H groups in total. The van der Waals surface area contributed by atoms with Gasteiger partial charge in [0.15, 0.2) is 0 Å². The smallest absolute Gasteiger partial charge is 0.416 e. The number of ether oxygens (including phenoxy) is 1. The lowest BCUT2D eigenvalue weighted by atomic mass is 9.95. The molecule has 29 heavy (non-hydrogen) atoms. The third-order valence-electron chi connectivity index (χ3n) is 5.86. The van der Waals surface area contributed by atoms with E-state index in [4.69, 9.17) is 4.74 Å². The number of aliphatic hydroxyl groups excluding tert-OH is 1. The summed E-state index contributed by atoms with van der Waals surface area (Å²) in [5.41, 5.74) is 1.66. The molecule has 2 aromatic rings. The fourth-order valence-electron chi connectivity index (χ4n) is 3.61. The van der Waals surface area contributed by atoms with Gasteiger partial charge in [0, 0.05) is 11.8 Å².